The maximum Gasteiger partial charge on any atom is 0.276 e. The van der Waals surface area contributed by atoms with E-state index < -0.39 is 6.17 Å². The van der Waals surface area contributed by atoms with Gasteiger partial charge in [0, 0.05) is 21.0 Å². The van der Waals surface area contributed by atoms with Crippen LogP contribution in [0, 0.1) is 0 Å². The summed E-state index contributed by atoms with van der Waals surface area (Å²) in [6, 6.07) is 13.6. The van der Waals surface area contributed by atoms with Gasteiger partial charge in [-0.25, -0.2) is 5.01 Å². The Balaban J connectivity index is 1.84. The zero-order chi connectivity index (χ0) is 21.1. The lowest BCUT2D eigenvalue weighted by atomic mass is 10.1. The van der Waals surface area contributed by atoms with Gasteiger partial charge in [-0.2, -0.15) is 0 Å². The Labute approximate surface area is 188 Å². The first-order chi connectivity index (χ1) is 14.6. The van der Waals surface area contributed by atoms with Gasteiger partial charge in [0.1, 0.15) is 11.4 Å². The van der Waals surface area contributed by atoms with Crippen molar-refractivity contribution in [3.8, 4) is 5.75 Å². The lowest BCUT2D eigenvalue weighted by Gasteiger charge is -2.34. The summed E-state index contributed by atoms with van der Waals surface area (Å²) in [5.41, 5.74) is 1.43. The molecular weight excluding hydrogens is 464 g/mol. The topological polar surface area (TPSA) is 66.3 Å². The molecule has 156 valence electrons. The summed E-state index contributed by atoms with van der Waals surface area (Å²) in [4.78, 5) is 18.1. The minimum absolute atomic E-state index is 0.163. The molecule has 0 fully saturated rings. The molecule has 1 amide bonds. The van der Waals surface area contributed by atoms with E-state index >= 15 is 0 Å². The monoisotopic (exact) mass is 486 g/mol. The third-order valence-corrected chi connectivity index (χ3v) is 6.22. The Kier molecular flexibility index (Phi) is 6.43. The van der Waals surface area contributed by atoms with Gasteiger partial charge < -0.3 is 4.74 Å². The van der Waals surface area contributed by atoms with Gasteiger partial charge in [0.2, 0.25) is 0 Å². The second kappa shape index (κ2) is 9.22. The molecule has 0 saturated carbocycles. The van der Waals surface area contributed by atoms with Crippen LogP contribution in [0.2, 0.25) is 0 Å². The minimum atomic E-state index is -0.443. The Morgan fingerprint density at radius 1 is 1.23 bits per heavy atom. The average molecular weight is 487 g/mol. The lowest BCUT2D eigenvalue weighted by molar-refractivity contribution is -0.116. The second-order valence-corrected chi connectivity index (χ2v) is 8.92. The molecule has 2 heterocycles. The molecule has 6 nitrogen and oxygen atoms in total. The number of benzene rings is 2. The van der Waals surface area contributed by atoms with Crippen molar-refractivity contribution in [1.29, 1.82) is 0 Å². The molecule has 0 bridgehead atoms. The zero-order valence-electron chi connectivity index (χ0n) is 16.9. The molecule has 1 atom stereocenters. The van der Waals surface area contributed by atoms with Gasteiger partial charge in [0.25, 0.3) is 5.91 Å². The fourth-order valence-electron chi connectivity index (χ4n) is 3.38. The van der Waals surface area contributed by atoms with Crippen LogP contribution in [0.3, 0.4) is 0 Å². The molecule has 0 aromatic heterocycles. The van der Waals surface area contributed by atoms with Crippen LogP contribution in [0.4, 0.5) is 0 Å². The van der Waals surface area contributed by atoms with Crippen LogP contribution in [0.5, 0.6) is 5.75 Å². The summed E-state index contributed by atoms with van der Waals surface area (Å²) in [5.74, 6) is 1.52. The van der Waals surface area contributed by atoms with E-state index in [-0.39, 0.29) is 5.91 Å². The summed E-state index contributed by atoms with van der Waals surface area (Å²) in [6.45, 7) is 4.69. The van der Waals surface area contributed by atoms with E-state index in [1.54, 1.807) is 16.8 Å². The number of amidine groups is 1. The highest BCUT2D eigenvalue weighted by molar-refractivity contribution is 9.10. The van der Waals surface area contributed by atoms with Gasteiger partial charge in [0.05, 0.1) is 12.0 Å². The highest BCUT2D eigenvalue weighted by Crippen LogP contribution is 2.32. The predicted octanol–water partition coefficient (Wildman–Crippen LogP) is 3.52. The first-order valence-electron chi connectivity index (χ1n) is 10.0. The number of unbranched alkanes of at least 4 members (excludes halogenated alkanes) is 1. The van der Waals surface area contributed by atoms with Crippen molar-refractivity contribution in [2.75, 3.05) is 12.4 Å². The quantitative estimate of drug-likeness (QED) is 0.634. The highest BCUT2D eigenvalue weighted by atomic mass is 79.9. The summed E-state index contributed by atoms with van der Waals surface area (Å²) in [6.07, 6.45) is 1.72. The van der Waals surface area contributed by atoms with Crippen molar-refractivity contribution in [1.82, 2.24) is 10.3 Å². The SMILES string of the molecule is CCCCSC1=NN2C(=c3cc(Br)ccc3=N[C@@H]2c2cccc(OCC)c2)C(=O)N1. The van der Waals surface area contributed by atoms with Crippen molar-refractivity contribution < 1.29 is 9.53 Å². The van der Waals surface area contributed by atoms with E-state index in [1.807, 2.05) is 49.4 Å². The van der Waals surface area contributed by atoms with Crippen LogP contribution >= 0.6 is 27.7 Å². The number of thioether (sulfide) groups is 1. The third-order valence-electron chi connectivity index (χ3n) is 4.77. The van der Waals surface area contributed by atoms with Gasteiger partial charge in [-0.3, -0.25) is 15.1 Å². The lowest BCUT2D eigenvalue weighted by Crippen LogP contribution is -2.50. The Morgan fingerprint density at radius 3 is 2.90 bits per heavy atom. The van der Waals surface area contributed by atoms with E-state index in [2.05, 4.69) is 28.2 Å². The van der Waals surface area contributed by atoms with Gasteiger partial charge in [-0.15, -0.1) is 5.10 Å². The number of hydrogen-bond donors (Lipinski definition) is 1. The van der Waals surface area contributed by atoms with Crippen LogP contribution in [-0.2, 0) is 4.79 Å². The van der Waals surface area contributed by atoms with E-state index in [1.165, 1.54) is 0 Å². The number of fused-ring (bicyclic) bond motifs is 2. The molecule has 0 spiro atoms. The highest BCUT2D eigenvalue weighted by Gasteiger charge is 2.34. The summed E-state index contributed by atoms with van der Waals surface area (Å²) < 4.78 is 6.56. The average Bonchev–Trinajstić information content (AvgIpc) is 2.73. The molecule has 2 aliphatic rings. The predicted molar refractivity (Wildman–Crippen MR) is 123 cm³/mol. The first-order valence-corrected chi connectivity index (χ1v) is 11.8. The number of nitrogens with one attached hydrogen (secondary N) is 1. The zero-order valence-corrected chi connectivity index (χ0v) is 19.3. The van der Waals surface area contributed by atoms with Crippen LogP contribution in [0.25, 0.3) is 5.70 Å². The number of hydrogen-bond acceptors (Lipinski definition) is 6. The van der Waals surface area contributed by atoms with Crippen LogP contribution in [0.1, 0.15) is 38.4 Å². The molecule has 8 heteroatoms. The Morgan fingerprint density at radius 2 is 2.10 bits per heavy atom. The number of carbonyl (C=O) groups excluding carboxylic acids is 1. The standard InChI is InChI=1S/C22H23BrN4O2S/c1-3-5-11-30-22-25-21(28)19-17-13-15(23)9-10-18(17)24-20(27(19)26-22)14-7-6-8-16(12-14)29-4-2/h6-10,12-13,20H,3-5,11H2,1-2H3,(H,25,26,28)/t20-/m0/s1. The summed E-state index contributed by atoms with van der Waals surface area (Å²) in [5, 5.41) is 11.6. The number of amides is 1. The number of halogens is 1. The molecule has 0 aliphatic carbocycles. The third kappa shape index (κ3) is 4.25. The largest absolute Gasteiger partial charge is 0.494 e. The fraction of sp³-hybridized carbons (Fsp3) is 0.318. The molecule has 1 N–H and O–H groups in total. The number of ether oxygens (including phenoxy) is 1. The van der Waals surface area contributed by atoms with E-state index in [0.717, 1.165) is 45.0 Å². The van der Waals surface area contributed by atoms with Crippen molar-refractivity contribution in [3.63, 3.8) is 0 Å². The number of nitrogens with zero attached hydrogens (tertiary/aromatic N) is 3. The molecule has 2 aliphatic heterocycles. The molecule has 0 saturated heterocycles. The van der Waals surface area contributed by atoms with Crippen molar-refractivity contribution in [2.24, 2.45) is 10.1 Å². The minimum Gasteiger partial charge on any atom is -0.494 e. The second-order valence-electron chi connectivity index (χ2n) is 6.92. The molecule has 0 radical (unpaired) electrons. The van der Waals surface area contributed by atoms with Gasteiger partial charge in [0.15, 0.2) is 11.3 Å². The van der Waals surface area contributed by atoms with Crippen molar-refractivity contribution in [3.05, 3.63) is 63.1 Å². The van der Waals surface area contributed by atoms with Gasteiger partial charge >= 0.3 is 0 Å². The van der Waals surface area contributed by atoms with Gasteiger partial charge in [-0.1, -0.05) is 53.2 Å². The number of hydrazone groups is 1. The molecule has 0 unspecified atom stereocenters. The number of carbonyl (C=O) groups is 1. The smallest absolute Gasteiger partial charge is 0.276 e. The maximum absolute atomic E-state index is 13.1. The van der Waals surface area contributed by atoms with Crippen LogP contribution in [0.15, 0.2) is 57.0 Å². The van der Waals surface area contributed by atoms with Crippen molar-refractivity contribution in [2.45, 2.75) is 32.9 Å². The fourth-order valence-corrected chi connectivity index (χ4v) is 4.68. The van der Waals surface area contributed by atoms with Crippen LogP contribution in [-0.4, -0.2) is 28.4 Å². The van der Waals surface area contributed by atoms with E-state index in [4.69, 9.17) is 14.8 Å². The number of rotatable bonds is 6. The van der Waals surface area contributed by atoms with Crippen LogP contribution < -0.4 is 20.6 Å². The van der Waals surface area contributed by atoms with E-state index in [0.29, 0.717) is 17.5 Å². The molecule has 2 aromatic carbocycles. The Hall–Kier alpha value is -2.32. The molecular formula is C22H23BrN4O2S. The van der Waals surface area contributed by atoms with Crippen molar-refractivity contribution >= 4 is 44.5 Å². The van der Waals surface area contributed by atoms with E-state index in [9.17, 15) is 4.79 Å². The molecule has 30 heavy (non-hydrogen) atoms. The summed E-state index contributed by atoms with van der Waals surface area (Å²) in [7, 11) is 0. The maximum atomic E-state index is 13.1. The summed E-state index contributed by atoms with van der Waals surface area (Å²) >= 11 is 5.07. The van der Waals surface area contributed by atoms with Gasteiger partial charge in [-0.05, 0) is 43.7 Å². The first kappa shape index (κ1) is 20.9. The molecule has 2 aromatic rings. The Bertz CT molecular complexity index is 1120. The molecule has 4 rings (SSSR count). The normalized spacial score (nSPS) is 17.5.